The molecule has 3 atom stereocenters. The summed E-state index contributed by atoms with van der Waals surface area (Å²) in [7, 11) is 0. The van der Waals surface area contributed by atoms with Crippen LogP contribution in [0, 0.1) is 11.3 Å². The minimum Gasteiger partial charge on any atom is -0.491 e. The van der Waals surface area contributed by atoms with Crippen molar-refractivity contribution < 1.29 is 19.4 Å². The van der Waals surface area contributed by atoms with Gasteiger partial charge in [-0.25, -0.2) is 4.79 Å². The summed E-state index contributed by atoms with van der Waals surface area (Å²) in [6, 6.07) is 7.35. The minimum absolute atomic E-state index is 0.0773. The highest BCUT2D eigenvalue weighted by Gasteiger charge is 2.55. The van der Waals surface area contributed by atoms with E-state index < -0.39 is 11.4 Å². The third kappa shape index (κ3) is 3.50. The number of urea groups is 1. The van der Waals surface area contributed by atoms with Crippen molar-refractivity contribution >= 4 is 12.0 Å². The first-order chi connectivity index (χ1) is 12.3. The molecule has 0 aromatic heterocycles. The normalized spacial score (nSPS) is 25.8. The summed E-state index contributed by atoms with van der Waals surface area (Å²) in [5, 5.41) is 12.6. The third-order valence-electron chi connectivity index (χ3n) is 5.68. The van der Waals surface area contributed by atoms with Crippen molar-refractivity contribution in [3.05, 3.63) is 29.8 Å². The highest BCUT2D eigenvalue weighted by Crippen LogP contribution is 2.48. The summed E-state index contributed by atoms with van der Waals surface area (Å²) in [6.07, 6.45) is 2.62. The molecule has 2 fully saturated rings. The zero-order valence-corrected chi connectivity index (χ0v) is 15.7. The number of fused-ring (bicyclic) bond motifs is 1. The van der Waals surface area contributed by atoms with E-state index in [2.05, 4.69) is 5.32 Å². The predicted octanol–water partition coefficient (Wildman–Crippen LogP) is 3.43. The molecule has 1 aromatic carbocycles. The molecular weight excluding hydrogens is 332 g/mol. The van der Waals surface area contributed by atoms with Crippen molar-refractivity contribution in [2.75, 3.05) is 13.1 Å². The van der Waals surface area contributed by atoms with Crippen LogP contribution in [-0.4, -0.2) is 41.2 Å². The lowest BCUT2D eigenvalue weighted by atomic mass is 9.81. The summed E-state index contributed by atoms with van der Waals surface area (Å²) in [5.74, 6) is 0.121. The van der Waals surface area contributed by atoms with Gasteiger partial charge in [0, 0.05) is 13.1 Å². The summed E-state index contributed by atoms with van der Waals surface area (Å²) < 4.78 is 5.64. The molecular formula is C20H28N2O4. The summed E-state index contributed by atoms with van der Waals surface area (Å²) in [6.45, 7) is 6.73. The smallest absolute Gasteiger partial charge is 0.317 e. The molecule has 6 heteroatoms. The zero-order valence-electron chi connectivity index (χ0n) is 15.7. The standard InChI is InChI=1S/C20H28N2O4/c1-13(2)26-17-8-6-15(7-9-17)14(3)21-19(25)22-11-16-5-4-10-20(16,12-22)18(23)24/h6-9,13-14,16H,4-5,10-12H2,1-3H3,(H,21,25)(H,23,24)/t14?,16-,20+/m0/s1. The van der Waals surface area contributed by atoms with Gasteiger partial charge in [-0.05, 0) is 57.2 Å². The molecule has 1 aliphatic carbocycles. The molecule has 3 rings (SSSR count). The lowest BCUT2D eigenvalue weighted by molar-refractivity contribution is -0.149. The van der Waals surface area contributed by atoms with Gasteiger partial charge >= 0.3 is 12.0 Å². The van der Waals surface area contributed by atoms with E-state index in [1.165, 1.54) is 0 Å². The van der Waals surface area contributed by atoms with Crippen LogP contribution in [0.5, 0.6) is 5.75 Å². The molecule has 1 unspecified atom stereocenters. The van der Waals surface area contributed by atoms with Crippen LogP contribution in [0.15, 0.2) is 24.3 Å². The average Bonchev–Trinajstić information content (AvgIpc) is 3.13. The number of carboxylic acids is 1. The first kappa shape index (κ1) is 18.5. The Kier molecular flexibility index (Phi) is 5.12. The number of ether oxygens (including phenoxy) is 1. The fraction of sp³-hybridized carbons (Fsp3) is 0.600. The Hall–Kier alpha value is -2.24. The Morgan fingerprint density at radius 1 is 1.27 bits per heavy atom. The van der Waals surface area contributed by atoms with E-state index in [9.17, 15) is 14.7 Å². The van der Waals surface area contributed by atoms with E-state index in [0.29, 0.717) is 19.5 Å². The maximum absolute atomic E-state index is 12.6. The Bertz CT molecular complexity index is 673. The molecule has 1 saturated heterocycles. The van der Waals surface area contributed by atoms with E-state index in [4.69, 9.17) is 4.74 Å². The molecule has 26 heavy (non-hydrogen) atoms. The van der Waals surface area contributed by atoms with Gasteiger partial charge in [0.05, 0.1) is 17.6 Å². The lowest BCUT2D eigenvalue weighted by Crippen LogP contribution is -2.42. The second kappa shape index (κ2) is 7.17. The van der Waals surface area contributed by atoms with Gasteiger partial charge in [-0.3, -0.25) is 4.79 Å². The Morgan fingerprint density at radius 2 is 1.96 bits per heavy atom. The monoisotopic (exact) mass is 360 g/mol. The molecule has 6 nitrogen and oxygen atoms in total. The third-order valence-corrected chi connectivity index (χ3v) is 5.68. The molecule has 1 aliphatic heterocycles. The van der Waals surface area contributed by atoms with Crippen molar-refractivity contribution in [2.45, 2.75) is 52.2 Å². The second-order valence-corrected chi connectivity index (χ2v) is 7.84. The first-order valence-electron chi connectivity index (χ1n) is 9.37. The van der Waals surface area contributed by atoms with Gasteiger partial charge in [-0.15, -0.1) is 0 Å². The van der Waals surface area contributed by atoms with E-state index in [-0.39, 0.29) is 24.1 Å². The van der Waals surface area contributed by atoms with Crippen LogP contribution in [0.1, 0.15) is 51.6 Å². The molecule has 1 heterocycles. The molecule has 142 valence electrons. The molecule has 1 saturated carbocycles. The largest absolute Gasteiger partial charge is 0.491 e. The van der Waals surface area contributed by atoms with Gasteiger partial charge in [0.1, 0.15) is 5.75 Å². The second-order valence-electron chi connectivity index (χ2n) is 7.84. The molecule has 1 aromatic rings. The van der Waals surface area contributed by atoms with E-state index in [1.807, 2.05) is 45.0 Å². The summed E-state index contributed by atoms with van der Waals surface area (Å²) in [5.41, 5.74) is 0.248. The number of hydrogen-bond donors (Lipinski definition) is 2. The van der Waals surface area contributed by atoms with Gasteiger partial charge in [-0.2, -0.15) is 0 Å². The molecule has 0 radical (unpaired) electrons. The van der Waals surface area contributed by atoms with Crippen LogP contribution in [0.25, 0.3) is 0 Å². The quantitative estimate of drug-likeness (QED) is 0.843. The number of benzene rings is 1. The van der Waals surface area contributed by atoms with Gasteiger partial charge in [0.15, 0.2) is 0 Å². The van der Waals surface area contributed by atoms with Crippen LogP contribution in [0.4, 0.5) is 4.79 Å². The number of carboxylic acid groups (broad SMARTS) is 1. The van der Waals surface area contributed by atoms with Crippen LogP contribution in [-0.2, 0) is 4.79 Å². The number of carbonyl (C=O) groups excluding carboxylic acids is 1. The SMILES string of the molecule is CC(C)Oc1ccc(C(C)NC(=O)N2C[C@@H]3CCC[C@@]3(C(=O)O)C2)cc1. The number of rotatable bonds is 5. The van der Waals surface area contributed by atoms with E-state index in [1.54, 1.807) is 4.90 Å². The van der Waals surface area contributed by atoms with Crippen molar-refractivity contribution in [1.82, 2.24) is 10.2 Å². The van der Waals surface area contributed by atoms with Gasteiger partial charge in [-0.1, -0.05) is 18.6 Å². The first-order valence-corrected chi connectivity index (χ1v) is 9.37. The number of likely N-dealkylation sites (tertiary alicyclic amines) is 1. The highest BCUT2D eigenvalue weighted by molar-refractivity contribution is 5.80. The Balaban J connectivity index is 1.60. The molecule has 0 spiro atoms. The maximum Gasteiger partial charge on any atom is 0.317 e. The topological polar surface area (TPSA) is 78.9 Å². The number of hydrogen-bond acceptors (Lipinski definition) is 3. The summed E-state index contributed by atoms with van der Waals surface area (Å²) >= 11 is 0. The average molecular weight is 360 g/mol. The van der Waals surface area contributed by atoms with Gasteiger partial charge < -0.3 is 20.1 Å². The van der Waals surface area contributed by atoms with Crippen LogP contribution in [0.3, 0.4) is 0 Å². The molecule has 2 aliphatic rings. The van der Waals surface area contributed by atoms with Crippen molar-refractivity contribution in [1.29, 1.82) is 0 Å². The molecule has 0 bridgehead atoms. The molecule has 2 amide bonds. The van der Waals surface area contributed by atoms with Crippen molar-refractivity contribution in [3.63, 3.8) is 0 Å². The number of carbonyl (C=O) groups is 2. The fourth-order valence-corrected chi connectivity index (χ4v) is 4.26. The predicted molar refractivity (Wildman–Crippen MR) is 98.1 cm³/mol. The van der Waals surface area contributed by atoms with Gasteiger partial charge in [0.25, 0.3) is 0 Å². The number of nitrogens with one attached hydrogen (secondary N) is 1. The van der Waals surface area contributed by atoms with E-state index in [0.717, 1.165) is 24.2 Å². The van der Waals surface area contributed by atoms with Crippen LogP contribution < -0.4 is 10.1 Å². The fourth-order valence-electron chi connectivity index (χ4n) is 4.26. The van der Waals surface area contributed by atoms with Crippen molar-refractivity contribution in [2.24, 2.45) is 11.3 Å². The van der Waals surface area contributed by atoms with E-state index >= 15 is 0 Å². The van der Waals surface area contributed by atoms with Crippen LogP contribution in [0.2, 0.25) is 0 Å². The number of nitrogens with zero attached hydrogens (tertiary/aromatic N) is 1. The van der Waals surface area contributed by atoms with Gasteiger partial charge in [0.2, 0.25) is 0 Å². The lowest BCUT2D eigenvalue weighted by Gasteiger charge is -2.24. The number of aliphatic carboxylic acids is 1. The number of amides is 2. The highest BCUT2D eigenvalue weighted by atomic mass is 16.5. The summed E-state index contributed by atoms with van der Waals surface area (Å²) in [4.78, 5) is 26.1. The van der Waals surface area contributed by atoms with Crippen molar-refractivity contribution in [3.8, 4) is 5.75 Å². The Morgan fingerprint density at radius 3 is 2.54 bits per heavy atom. The zero-order chi connectivity index (χ0) is 18.9. The van der Waals surface area contributed by atoms with Crippen LogP contribution >= 0.6 is 0 Å². The maximum atomic E-state index is 12.6. The minimum atomic E-state index is -0.760. The molecule has 2 N–H and O–H groups in total. The Labute approximate surface area is 154 Å².